The summed E-state index contributed by atoms with van der Waals surface area (Å²) in [5.74, 6) is 0.169. The lowest BCUT2D eigenvalue weighted by Crippen LogP contribution is -2.35. The van der Waals surface area contributed by atoms with Crippen molar-refractivity contribution in [2.24, 2.45) is 0 Å². The minimum atomic E-state index is -2.17. The van der Waals surface area contributed by atoms with E-state index < -0.39 is 16.5 Å². The molecule has 3 atom stereocenters. The highest BCUT2D eigenvalue weighted by atomic mass is 32.2. The van der Waals surface area contributed by atoms with Crippen LogP contribution in [-0.4, -0.2) is 47.1 Å². The van der Waals surface area contributed by atoms with Crippen molar-refractivity contribution in [2.45, 2.75) is 17.7 Å². The van der Waals surface area contributed by atoms with Crippen LogP contribution in [0, 0.1) is 11.3 Å². The monoisotopic (exact) mass is 341 g/mol. The average Bonchev–Trinajstić information content (AvgIpc) is 3.21. The number of nitrogens with zero attached hydrogens (tertiary/aromatic N) is 4. The zero-order chi connectivity index (χ0) is 16.7. The van der Waals surface area contributed by atoms with Gasteiger partial charge in [0.05, 0.1) is 17.8 Å². The number of hydrogen-bond acceptors (Lipinski definition) is 5. The maximum Gasteiger partial charge on any atom is 0.200 e. The Labute approximate surface area is 140 Å². The van der Waals surface area contributed by atoms with Crippen LogP contribution in [-0.2, 0) is 11.1 Å². The van der Waals surface area contributed by atoms with E-state index in [1.165, 1.54) is 0 Å². The first-order valence-electron chi connectivity index (χ1n) is 7.63. The molecular formula is C16H15N5O2S. The topological polar surface area (TPSA) is 106 Å². The Balaban J connectivity index is 1.74. The van der Waals surface area contributed by atoms with Gasteiger partial charge in [-0.2, -0.15) is 5.26 Å². The predicted molar refractivity (Wildman–Crippen MR) is 90.5 cm³/mol. The summed E-state index contributed by atoms with van der Waals surface area (Å²) in [6.07, 6.45) is 6.30. The number of nitriles is 1. The summed E-state index contributed by atoms with van der Waals surface area (Å²) in [6, 6.07) is 5.90. The largest absolute Gasteiger partial charge is 0.360 e. The molecule has 0 bridgehead atoms. The summed E-state index contributed by atoms with van der Waals surface area (Å²) in [5, 5.41) is 10.2. The van der Waals surface area contributed by atoms with E-state index in [9.17, 15) is 8.76 Å². The molecule has 0 saturated carbocycles. The van der Waals surface area contributed by atoms with Crippen LogP contribution < -0.4 is 0 Å². The van der Waals surface area contributed by atoms with Crippen LogP contribution in [0.5, 0.6) is 0 Å². The van der Waals surface area contributed by atoms with Crippen LogP contribution in [0.15, 0.2) is 30.7 Å². The summed E-state index contributed by atoms with van der Waals surface area (Å²) in [7, 11) is 0. The lowest BCUT2D eigenvalue weighted by molar-refractivity contribution is 0.336. The Bertz CT molecular complexity index is 979. The zero-order valence-corrected chi connectivity index (χ0v) is 13.5. The number of nitrogens with one attached hydrogen (secondary N) is 1. The Morgan fingerprint density at radius 2 is 2.29 bits per heavy atom. The lowest BCUT2D eigenvalue weighted by Gasteiger charge is -2.18. The second-order valence-electron chi connectivity index (χ2n) is 5.91. The van der Waals surface area contributed by atoms with Crippen molar-refractivity contribution in [3.8, 4) is 6.07 Å². The van der Waals surface area contributed by atoms with Crippen molar-refractivity contribution >= 4 is 33.0 Å². The summed E-state index contributed by atoms with van der Waals surface area (Å²) in [6.45, 7) is 1.18. The first-order chi connectivity index (χ1) is 11.7. The van der Waals surface area contributed by atoms with E-state index in [4.69, 9.17) is 5.26 Å². The van der Waals surface area contributed by atoms with Gasteiger partial charge in [0.25, 0.3) is 0 Å². The van der Waals surface area contributed by atoms with E-state index in [0.29, 0.717) is 18.7 Å². The van der Waals surface area contributed by atoms with Crippen LogP contribution >= 0.6 is 0 Å². The third-order valence-electron chi connectivity index (χ3n) is 4.60. The molecule has 1 aliphatic heterocycles. The molecule has 0 amide bonds. The van der Waals surface area contributed by atoms with Crippen LogP contribution in [0.25, 0.3) is 21.9 Å². The van der Waals surface area contributed by atoms with E-state index >= 15 is 0 Å². The van der Waals surface area contributed by atoms with Gasteiger partial charge < -0.3 is 9.54 Å². The van der Waals surface area contributed by atoms with Gasteiger partial charge in [0, 0.05) is 42.2 Å². The number of hydrogen-bond donors (Lipinski definition) is 2. The highest BCUT2D eigenvalue weighted by molar-refractivity contribution is 7.80. The molecule has 4 rings (SSSR count). The standard InChI is InChI=1S/C16H15N5O2S/c17-6-14(24(22)23)21-5-3-10(9-21)12-7-19-16-15(12)11-2-1-4-18-13(11)8-20-16/h1-2,4,7-8,10,14,18H,3,5,9H2,(H,22,23). The van der Waals surface area contributed by atoms with Gasteiger partial charge in [-0.25, -0.2) is 14.2 Å². The molecule has 0 aromatic carbocycles. The molecule has 3 aromatic heterocycles. The van der Waals surface area contributed by atoms with Crippen molar-refractivity contribution in [1.29, 1.82) is 5.26 Å². The van der Waals surface area contributed by atoms with Crippen molar-refractivity contribution in [2.75, 3.05) is 13.1 Å². The molecule has 0 aliphatic carbocycles. The van der Waals surface area contributed by atoms with Crippen LogP contribution in [0.2, 0.25) is 0 Å². The molecule has 3 unspecified atom stereocenters. The van der Waals surface area contributed by atoms with Crippen molar-refractivity contribution in [1.82, 2.24) is 19.9 Å². The first kappa shape index (κ1) is 15.2. The number of pyridine rings is 2. The molecule has 1 saturated heterocycles. The van der Waals surface area contributed by atoms with Crippen molar-refractivity contribution in [3.63, 3.8) is 0 Å². The molecule has 7 nitrogen and oxygen atoms in total. The number of likely N-dealkylation sites (tertiary alicyclic amines) is 1. The predicted octanol–water partition coefficient (Wildman–Crippen LogP) is 1.97. The van der Waals surface area contributed by atoms with E-state index in [0.717, 1.165) is 28.3 Å². The minimum absolute atomic E-state index is 0.169. The fourth-order valence-corrected chi connectivity index (χ4v) is 4.02. The summed E-state index contributed by atoms with van der Waals surface area (Å²) >= 11 is -2.17. The van der Waals surface area contributed by atoms with Gasteiger partial charge in [0.1, 0.15) is 0 Å². The summed E-state index contributed by atoms with van der Waals surface area (Å²) in [5.41, 5.74) is 2.74. The van der Waals surface area contributed by atoms with Gasteiger partial charge in [-0.05, 0) is 18.1 Å². The highest BCUT2D eigenvalue weighted by Crippen LogP contribution is 2.35. The molecule has 0 spiro atoms. The average molecular weight is 341 g/mol. The number of aromatic nitrogens is 3. The minimum Gasteiger partial charge on any atom is -0.360 e. The van der Waals surface area contributed by atoms with Crippen LogP contribution in [0.1, 0.15) is 17.9 Å². The quantitative estimate of drug-likeness (QED) is 0.706. The number of H-pyrrole nitrogens is 1. The SMILES string of the molecule is N#CC(N1CCC(c2cnc3ncc4[nH]cccc4c23)C1)S(=O)O. The van der Waals surface area contributed by atoms with E-state index in [1.807, 2.05) is 30.6 Å². The number of aromatic amines is 1. The maximum atomic E-state index is 11.3. The molecule has 2 N–H and O–H groups in total. The molecule has 24 heavy (non-hydrogen) atoms. The molecular weight excluding hydrogens is 326 g/mol. The molecule has 122 valence electrons. The maximum absolute atomic E-state index is 11.3. The Morgan fingerprint density at radius 1 is 1.46 bits per heavy atom. The van der Waals surface area contributed by atoms with Gasteiger partial charge in [0.2, 0.25) is 0 Å². The molecule has 8 heteroatoms. The highest BCUT2D eigenvalue weighted by Gasteiger charge is 2.33. The first-order valence-corrected chi connectivity index (χ1v) is 8.80. The Hall–Kier alpha value is -2.34. The second-order valence-corrected chi connectivity index (χ2v) is 6.90. The molecule has 3 aromatic rings. The third-order valence-corrected chi connectivity index (χ3v) is 5.39. The van der Waals surface area contributed by atoms with Gasteiger partial charge in [-0.3, -0.25) is 4.90 Å². The zero-order valence-electron chi connectivity index (χ0n) is 12.7. The third kappa shape index (κ3) is 2.38. The van der Waals surface area contributed by atoms with Crippen LogP contribution in [0.3, 0.4) is 0 Å². The second kappa shape index (κ2) is 5.94. The fourth-order valence-electron chi connectivity index (χ4n) is 3.48. The lowest BCUT2D eigenvalue weighted by atomic mass is 9.97. The summed E-state index contributed by atoms with van der Waals surface area (Å²) in [4.78, 5) is 13.8. The van der Waals surface area contributed by atoms with Gasteiger partial charge in [0.15, 0.2) is 22.1 Å². The number of fused-ring (bicyclic) bond motifs is 3. The van der Waals surface area contributed by atoms with Crippen LogP contribution in [0.4, 0.5) is 0 Å². The van der Waals surface area contributed by atoms with E-state index in [2.05, 4.69) is 15.0 Å². The van der Waals surface area contributed by atoms with Gasteiger partial charge in [-0.15, -0.1) is 0 Å². The smallest absolute Gasteiger partial charge is 0.200 e. The Kier molecular flexibility index (Phi) is 3.76. The van der Waals surface area contributed by atoms with Gasteiger partial charge in [-0.1, -0.05) is 6.07 Å². The normalized spacial score (nSPS) is 21.1. The Morgan fingerprint density at radius 3 is 3.08 bits per heavy atom. The molecule has 4 heterocycles. The molecule has 1 fully saturated rings. The molecule has 1 aliphatic rings. The summed E-state index contributed by atoms with van der Waals surface area (Å²) < 4.78 is 20.6. The molecule has 0 radical (unpaired) electrons. The van der Waals surface area contributed by atoms with Crippen molar-refractivity contribution < 1.29 is 8.76 Å². The van der Waals surface area contributed by atoms with Crippen molar-refractivity contribution in [3.05, 3.63) is 36.3 Å². The van der Waals surface area contributed by atoms with E-state index in [1.54, 1.807) is 11.1 Å². The number of rotatable bonds is 3. The van der Waals surface area contributed by atoms with E-state index in [-0.39, 0.29) is 5.92 Å². The van der Waals surface area contributed by atoms with Gasteiger partial charge >= 0.3 is 0 Å². The fraction of sp³-hybridized carbons (Fsp3) is 0.312.